The van der Waals surface area contributed by atoms with Crippen LogP contribution >= 0.6 is 0 Å². The van der Waals surface area contributed by atoms with Gasteiger partial charge in [0.1, 0.15) is 0 Å². The van der Waals surface area contributed by atoms with Gasteiger partial charge in [-0.1, -0.05) is 0 Å². The van der Waals surface area contributed by atoms with Gasteiger partial charge in [0.05, 0.1) is 0 Å². The summed E-state index contributed by atoms with van der Waals surface area (Å²) in [4.78, 5) is 0. The summed E-state index contributed by atoms with van der Waals surface area (Å²) in [5, 5.41) is 0. The van der Waals surface area contributed by atoms with Crippen molar-refractivity contribution in [3.05, 3.63) is 5.84 Å². The predicted molar refractivity (Wildman–Crippen MR) is 10.4 cm³/mol. The molecule has 0 spiro atoms. The number of nitrogens with one attached hydrogen (secondary N) is 1. The molecule has 0 saturated carbocycles. The van der Waals surface area contributed by atoms with E-state index in [0.717, 1.165) is 0 Å². The third-order valence-corrected chi connectivity index (χ3v) is 0. The molecule has 0 aliphatic carbocycles. The molecule has 0 heterocycles. The van der Waals surface area contributed by atoms with Crippen molar-refractivity contribution in [2.45, 2.75) is 0 Å². The second-order valence-corrected chi connectivity index (χ2v) is 0. The standard InChI is InChI=1S/Li.H3N2.H2O/c;1-2;/h;1H,2H2;1H2/q+1;-1;/p-1. The van der Waals surface area contributed by atoms with Crippen LogP contribution in [0.5, 0.6) is 0 Å². The average molecular weight is 55.0 g/mol. The molecule has 0 bridgehead atoms. The first-order valence-electron chi connectivity index (χ1n) is 0.289. The molecule has 4 heteroatoms. The van der Waals surface area contributed by atoms with E-state index >= 15 is 0 Å². The molecule has 0 atom stereocenters. The van der Waals surface area contributed by atoms with Crippen molar-refractivity contribution in [1.29, 1.82) is 0 Å². The summed E-state index contributed by atoms with van der Waals surface area (Å²) in [6.45, 7) is 0. The quantitative estimate of drug-likeness (QED) is 0.179. The van der Waals surface area contributed by atoms with E-state index in [4.69, 9.17) is 5.84 Å². The van der Waals surface area contributed by atoms with E-state index in [1.807, 2.05) is 0 Å². The van der Waals surface area contributed by atoms with Gasteiger partial charge in [0.25, 0.3) is 0 Å². The van der Waals surface area contributed by atoms with Crippen molar-refractivity contribution in [2.75, 3.05) is 0 Å². The zero-order valence-corrected chi connectivity index (χ0v) is 2.52. The molecule has 0 aromatic carbocycles. The van der Waals surface area contributed by atoms with Crippen molar-refractivity contribution < 1.29 is 24.3 Å². The van der Waals surface area contributed by atoms with Gasteiger partial charge in [0.2, 0.25) is 0 Å². The maximum absolute atomic E-state index is 5.25. The largest absolute Gasteiger partial charge is 1.00 e. The Kier molecular flexibility index (Phi) is 581. The van der Waals surface area contributed by atoms with E-state index in [9.17, 15) is 0 Å². The van der Waals surface area contributed by atoms with Gasteiger partial charge in [-0.05, 0) is 0 Å². The molecule has 3 nitrogen and oxygen atoms in total. The van der Waals surface area contributed by atoms with Crippen LogP contribution in [-0.4, -0.2) is 5.48 Å². The summed E-state index contributed by atoms with van der Waals surface area (Å²) in [6.07, 6.45) is 0. The fraction of sp³-hybridized carbons (Fsp3) is 0. The van der Waals surface area contributed by atoms with Crippen LogP contribution in [0.2, 0.25) is 0 Å². The van der Waals surface area contributed by atoms with Crippen LogP contribution in [0.1, 0.15) is 0 Å². The van der Waals surface area contributed by atoms with Crippen LogP contribution in [-0.2, 0) is 0 Å². The first-order chi connectivity index (χ1) is 1.00. The Balaban J connectivity index is -0.00000000500. The molecule has 0 saturated heterocycles. The Morgan fingerprint density at radius 3 is 1.25 bits per heavy atom. The van der Waals surface area contributed by atoms with E-state index in [2.05, 4.69) is 5.84 Å². The second kappa shape index (κ2) is 93.6. The van der Waals surface area contributed by atoms with Crippen molar-refractivity contribution in [3.63, 3.8) is 0 Å². The molecule has 4 N–H and O–H groups in total. The SMILES string of the molecule is [Li+].[NH-]N.[OH-]. The fourth-order valence-electron chi connectivity index (χ4n) is 0. The summed E-state index contributed by atoms with van der Waals surface area (Å²) >= 11 is 0. The van der Waals surface area contributed by atoms with Crippen LogP contribution in [0.3, 0.4) is 0 Å². The normalized spacial score (nSPS) is 1.50. The van der Waals surface area contributed by atoms with Gasteiger partial charge in [-0.2, -0.15) is 0 Å². The van der Waals surface area contributed by atoms with Gasteiger partial charge >= 0.3 is 18.9 Å². The Morgan fingerprint density at radius 2 is 1.25 bits per heavy atom. The van der Waals surface area contributed by atoms with Gasteiger partial charge in [-0.3, -0.25) is 0 Å². The first kappa shape index (κ1) is 24.8. The molecule has 0 fully saturated rings. The van der Waals surface area contributed by atoms with Gasteiger partial charge in [-0.25, -0.2) is 0 Å². The van der Waals surface area contributed by atoms with E-state index in [1.165, 1.54) is 0 Å². The van der Waals surface area contributed by atoms with Crippen molar-refractivity contribution >= 4 is 0 Å². The number of rotatable bonds is 0. The summed E-state index contributed by atoms with van der Waals surface area (Å²) in [6, 6.07) is 0. The summed E-state index contributed by atoms with van der Waals surface area (Å²) in [7, 11) is 0. The molecule has 0 aromatic rings. The van der Waals surface area contributed by atoms with Crippen molar-refractivity contribution in [3.8, 4) is 0 Å². The van der Waals surface area contributed by atoms with Gasteiger partial charge < -0.3 is 17.2 Å². The van der Waals surface area contributed by atoms with Gasteiger partial charge in [-0.15, -0.1) is 0 Å². The maximum atomic E-state index is 5.25. The molecular weight excluding hydrogens is 51.0 g/mol. The third kappa shape index (κ3) is 23.7. The van der Waals surface area contributed by atoms with Gasteiger partial charge in [0, 0.05) is 0 Å². The zero-order valence-electron chi connectivity index (χ0n) is 2.52. The topological polar surface area (TPSA) is 79.8 Å². The third-order valence-electron chi connectivity index (χ3n) is 0. The van der Waals surface area contributed by atoms with Crippen LogP contribution in [0.4, 0.5) is 0 Å². The first-order valence-corrected chi connectivity index (χ1v) is 0.289. The zero-order chi connectivity index (χ0) is 2.00. The molecule has 0 aliphatic heterocycles. The molecule has 0 aliphatic rings. The Hall–Kier alpha value is 0.477. The minimum absolute atomic E-state index is 0. The van der Waals surface area contributed by atoms with E-state index in [0.29, 0.717) is 0 Å². The van der Waals surface area contributed by atoms with Crippen LogP contribution in [0.25, 0.3) is 5.84 Å². The number of hydrogen-bond acceptors (Lipinski definition) is 2. The van der Waals surface area contributed by atoms with Crippen molar-refractivity contribution in [1.82, 2.24) is 0 Å². The molecule has 0 rings (SSSR count). The van der Waals surface area contributed by atoms with E-state index in [-0.39, 0.29) is 24.3 Å². The smallest absolute Gasteiger partial charge is 0.870 e. The molecule has 4 heavy (non-hydrogen) atoms. The molecule has 0 radical (unpaired) electrons. The molecular formula is H4LiN2O-. The average Bonchev–Trinajstić information content (AvgIpc) is 1.00. The minimum atomic E-state index is 0. The fourth-order valence-corrected chi connectivity index (χ4v) is 0. The van der Waals surface area contributed by atoms with Crippen LogP contribution < -0.4 is 24.7 Å². The van der Waals surface area contributed by atoms with E-state index in [1.54, 1.807) is 0 Å². The Morgan fingerprint density at radius 1 is 1.25 bits per heavy atom. The Labute approximate surface area is 36.8 Å². The molecule has 0 aromatic heterocycles. The molecule has 22 valence electrons. The van der Waals surface area contributed by atoms with Crippen LogP contribution in [0.15, 0.2) is 0 Å². The molecule has 0 amide bonds. The number of hydrogen-bond donors (Lipinski definition) is 1. The summed E-state index contributed by atoms with van der Waals surface area (Å²) < 4.78 is 0. The number of nitrogens with two attached hydrogens (primary N) is 1. The summed E-state index contributed by atoms with van der Waals surface area (Å²) in [5.41, 5.74) is 0. The Bertz CT molecular complexity index is 6.00. The minimum Gasteiger partial charge on any atom is -0.870 e. The maximum Gasteiger partial charge on any atom is 1.00 e. The second-order valence-electron chi connectivity index (χ2n) is 0. The van der Waals surface area contributed by atoms with Crippen molar-refractivity contribution in [2.24, 2.45) is 5.84 Å². The molecule has 0 unspecified atom stereocenters. The monoisotopic (exact) mass is 55.0 g/mol. The van der Waals surface area contributed by atoms with Gasteiger partial charge in [0.15, 0.2) is 0 Å². The predicted octanol–water partition coefficient (Wildman–Crippen LogP) is -3.26. The summed E-state index contributed by atoms with van der Waals surface area (Å²) in [5.74, 6) is 9.00. The van der Waals surface area contributed by atoms with Crippen LogP contribution in [0, 0.1) is 0 Å². The van der Waals surface area contributed by atoms with E-state index < -0.39 is 0 Å².